The van der Waals surface area contributed by atoms with Gasteiger partial charge >= 0.3 is 0 Å². The van der Waals surface area contributed by atoms with Crippen molar-refractivity contribution in [2.24, 2.45) is 0 Å². The third-order valence-corrected chi connectivity index (χ3v) is 2.95. The van der Waals surface area contributed by atoms with E-state index in [1.165, 1.54) is 6.33 Å². The van der Waals surface area contributed by atoms with Crippen LogP contribution in [0.4, 0.5) is 5.82 Å². The van der Waals surface area contributed by atoms with Crippen molar-refractivity contribution in [3.05, 3.63) is 6.33 Å². The van der Waals surface area contributed by atoms with E-state index in [-0.39, 0.29) is 12.4 Å². The summed E-state index contributed by atoms with van der Waals surface area (Å²) in [5.41, 5.74) is 6.43. The Morgan fingerprint density at radius 3 is 3.06 bits per heavy atom. The average Bonchev–Trinajstić information content (AvgIpc) is 2.93. The molecule has 3 atom stereocenters. The lowest BCUT2D eigenvalue weighted by Crippen LogP contribution is -2.19. The number of ether oxygens (including phenoxy) is 1. The van der Waals surface area contributed by atoms with E-state index >= 15 is 0 Å². The lowest BCUT2D eigenvalue weighted by atomic mass is 10.2. The van der Waals surface area contributed by atoms with Crippen LogP contribution >= 0.6 is 0 Å². The van der Waals surface area contributed by atoms with Gasteiger partial charge in [0.25, 0.3) is 0 Å². The van der Waals surface area contributed by atoms with Gasteiger partial charge in [-0.2, -0.15) is 0 Å². The van der Waals surface area contributed by atoms with E-state index in [1.54, 1.807) is 4.57 Å². The van der Waals surface area contributed by atoms with Crippen LogP contribution in [0.1, 0.15) is 12.6 Å². The third-order valence-electron chi connectivity index (χ3n) is 2.95. The summed E-state index contributed by atoms with van der Waals surface area (Å²) in [5.74, 6) is 0.171. The van der Waals surface area contributed by atoms with Gasteiger partial charge in [0.15, 0.2) is 23.2 Å². The molecule has 96 valence electrons. The Kier molecular flexibility index (Phi) is 2.58. The Hall–Kier alpha value is -1.84. The minimum atomic E-state index is -0.740. The molecule has 0 spiro atoms. The highest BCUT2D eigenvalue weighted by Crippen LogP contribution is 2.30. The smallest absolute Gasteiger partial charge is 0.190 e. The summed E-state index contributed by atoms with van der Waals surface area (Å²) in [4.78, 5) is 4.07. The summed E-state index contributed by atoms with van der Waals surface area (Å²) in [5, 5.41) is 29.9. The molecule has 3 rings (SSSR count). The second kappa shape index (κ2) is 4.12. The lowest BCUT2D eigenvalue weighted by Gasteiger charge is -2.15. The Labute approximate surface area is 101 Å². The molecule has 0 aromatic carbocycles. The van der Waals surface area contributed by atoms with Crippen molar-refractivity contribution in [3.63, 3.8) is 0 Å². The topological polar surface area (TPSA) is 132 Å². The standard InChI is InChI=1S/C9H12N6O3/c10-7-6-8(13-14-12-7)15(3-11-6)9-5(17)1-4(2-16)18-9/h3-5,9,16-17H,1-2H2,(H2,10,12,13). The molecule has 18 heavy (non-hydrogen) atoms. The molecule has 0 bridgehead atoms. The van der Waals surface area contributed by atoms with Gasteiger partial charge in [0.05, 0.1) is 19.0 Å². The van der Waals surface area contributed by atoms with Crippen LogP contribution in [0.2, 0.25) is 0 Å². The van der Waals surface area contributed by atoms with E-state index < -0.39 is 18.4 Å². The molecule has 9 heteroatoms. The van der Waals surface area contributed by atoms with Crippen LogP contribution in [-0.2, 0) is 4.74 Å². The van der Waals surface area contributed by atoms with Gasteiger partial charge in [-0.1, -0.05) is 0 Å². The molecule has 3 heterocycles. The fourth-order valence-electron chi connectivity index (χ4n) is 2.08. The highest BCUT2D eigenvalue weighted by molar-refractivity contribution is 5.80. The Morgan fingerprint density at radius 1 is 1.50 bits per heavy atom. The molecular formula is C9H12N6O3. The van der Waals surface area contributed by atoms with Crippen LogP contribution in [0, 0.1) is 0 Å². The normalized spacial score (nSPS) is 28.0. The van der Waals surface area contributed by atoms with Gasteiger partial charge in [-0.15, -0.1) is 10.2 Å². The number of aromatic nitrogens is 5. The molecule has 0 amide bonds. The van der Waals surface area contributed by atoms with E-state index in [4.69, 9.17) is 15.6 Å². The molecule has 0 radical (unpaired) electrons. The summed E-state index contributed by atoms with van der Waals surface area (Å²) in [7, 11) is 0. The molecule has 9 nitrogen and oxygen atoms in total. The van der Waals surface area contributed by atoms with Crippen molar-refractivity contribution in [3.8, 4) is 0 Å². The molecule has 0 saturated carbocycles. The first-order chi connectivity index (χ1) is 8.70. The first-order valence-electron chi connectivity index (χ1n) is 5.46. The molecule has 4 N–H and O–H groups in total. The number of nitrogen functional groups attached to an aromatic ring is 1. The summed E-state index contributed by atoms with van der Waals surface area (Å²) in [6.45, 7) is -0.143. The van der Waals surface area contributed by atoms with E-state index in [2.05, 4.69) is 20.4 Å². The SMILES string of the molecule is Nc1nnnc2c1ncn2C1OC(CO)CC1O. The van der Waals surface area contributed by atoms with Crippen LogP contribution in [0.5, 0.6) is 0 Å². The fraction of sp³-hybridized carbons (Fsp3) is 0.556. The maximum atomic E-state index is 9.91. The van der Waals surface area contributed by atoms with Gasteiger partial charge in [-0.3, -0.25) is 4.57 Å². The molecule has 0 aliphatic carbocycles. The number of hydrogen-bond donors (Lipinski definition) is 3. The monoisotopic (exact) mass is 252 g/mol. The number of imidazole rings is 1. The molecule has 1 aliphatic heterocycles. The van der Waals surface area contributed by atoms with Gasteiger partial charge < -0.3 is 20.7 Å². The second-order valence-corrected chi connectivity index (χ2v) is 4.13. The predicted octanol–water partition coefficient (Wildman–Crippen LogP) is -1.56. The fourth-order valence-corrected chi connectivity index (χ4v) is 2.08. The molecular weight excluding hydrogens is 240 g/mol. The van der Waals surface area contributed by atoms with Gasteiger partial charge in [0, 0.05) is 6.42 Å². The van der Waals surface area contributed by atoms with Crippen molar-refractivity contribution in [1.82, 2.24) is 25.0 Å². The maximum Gasteiger partial charge on any atom is 0.190 e. The second-order valence-electron chi connectivity index (χ2n) is 4.13. The van der Waals surface area contributed by atoms with E-state index in [1.807, 2.05) is 0 Å². The Bertz CT molecular complexity index is 572. The van der Waals surface area contributed by atoms with Gasteiger partial charge in [0.2, 0.25) is 0 Å². The molecule has 2 aromatic heterocycles. The van der Waals surface area contributed by atoms with Crippen molar-refractivity contribution in [2.45, 2.75) is 24.9 Å². The first-order valence-corrected chi connectivity index (χ1v) is 5.46. The molecule has 2 aromatic rings. The Morgan fingerprint density at radius 2 is 2.33 bits per heavy atom. The highest BCUT2D eigenvalue weighted by atomic mass is 16.5. The minimum absolute atomic E-state index is 0.143. The zero-order valence-electron chi connectivity index (χ0n) is 9.34. The highest BCUT2D eigenvalue weighted by Gasteiger charge is 2.35. The van der Waals surface area contributed by atoms with Crippen LogP contribution in [-0.4, -0.2) is 54.0 Å². The largest absolute Gasteiger partial charge is 0.394 e. The van der Waals surface area contributed by atoms with Gasteiger partial charge in [0.1, 0.15) is 6.10 Å². The number of nitrogens with zero attached hydrogens (tertiary/aromatic N) is 5. The molecule has 3 unspecified atom stereocenters. The van der Waals surface area contributed by atoms with Crippen LogP contribution < -0.4 is 5.73 Å². The third kappa shape index (κ3) is 1.60. The number of anilines is 1. The van der Waals surface area contributed by atoms with Crippen molar-refractivity contribution in [2.75, 3.05) is 12.3 Å². The number of aliphatic hydroxyl groups excluding tert-OH is 2. The molecule has 1 fully saturated rings. The molecule has 1 aliphatic rings. The number of nitrogens with two attached hydrogens (primary N) is 1. The number of rotatable bonds is 2. The zero-order valence-corrected chi connectivity index (χ0v) is 9.34. The number of aliphatic hydroxyl groups is 2. The van der Waals surface area contributed by atoms with Gasteiger partial charge in [-0.05, 0) is 5.21 Å². The van der Waals surface area contributed by atoms with Crippen LogP contribution in [0.15, 0.2) is 6.33 Å². The summed E-state index contributed by atoms with van der Waals surface area (Å²) < 4.78 is 7.05. The zero-order chi connectivity index (χ0) is 12.7. The van der Waals surface area contributed by atoms with Crippen molar-refractivity contribution in [1.29, 1.82) is 0 Å². The van der Waals surface area contributed by atoms with Crippen LogP contribution in [0.3, 0.4) is 0 Å². The van der Waals surface area contributed by atoms with Crippen LogP contribution in [0.25, 0.3) is 11.2 Å². The van der Waals surface area contributed by atoms with Gasteiger partial charge in [-0.25, -0.2) is 4.98 Å². The summed E-state index contributed by atoms with van der Waals surface area (Å²) in [6.07, 6.45) is 0.0356. The summed E-state index contributed by atoms with van der Waals surface area (Å²) in [6, 6.07) is 0. The Balaban J connectivity index is 2.02. The lowest BCUT2D eigenvalue weighted by molar-refractivity contribution is -0.0487. The molecule has 1 saturated heterocycles. The average molecular weight is 252 g/mol. The quantitative estimate of drug-likeness (QED) is 0.584. The summed E-state index contributed by atoms with van der Waals surface area (Å²) >= 11 is 0. The van der Waals surface area contributed by atoms with Crippen molar-refractivity contribution < 1.29 is 14.9 Å². The first kappa shape index (κ1) is 11.3. The minimum Gasteiger partial charge on any atom is -0.394 e. The van der Waals surface area contributed by atoms with E-state index in [9.17, 15) is 5.11 Å². The number of hydrogen-bond acceptors (Lipinski definition) is 8. The maximum absolute atomic E-state index is 9.91. The van der Waals surface area contributed by atoms with E-state index in [0.717, 1.165) is 0 Å². The van der Waals surface area contributed by atoms with E-state index in [0.29, 0.717) is 17.6 Å². The van der Waals surface area contributed by atoms with Crippen molar-refractivity contribution >= 4 is 17.0 Å². The predicted molar refractivity (Wildman–Crippen MR) is 59.2 cm³/mol. The number of fused-ring (bicyclic) bond motifs is 1.